The monoisotopic (exact) mass is 649 g/mol. The van der Waals surface area contributed by atoms with E-state index in [4.69, 9.17) is 35.4 Å². The molecular weight excluding hydrogens is 626 g/mol. The summed E-state index contributed by atoms with van der Waals surface area (Å²) < 4.78 is 12.7. The lowest BCUT2D eigenvalue weighted by Crippen LogP contribution is -2.01. The van der Waals surface area contributed by atoms with E-state index < -0.39 is 0 Å². The molecule has 0 spiro atoms. The van der Waals surface area contributed by atoms with Gasteiger partial charge in [-0.25, -0.2) is 15.0 Å². The SMILES string of the molecule is Clc1ccc(-c2ccc(-c3nc(-c4ccccc4)nc(-c4cccc5c4oc4ccccc45)n3)c3ccccc23)c2c1oc1ccccc12. The smallest absolute Gasteiger partial charge is 0.167 e. The van der Waals surface area contributed by atoms with Crippen LogP contribution in [-0.2, 0) is 0 Å². The third kappa shape index (κ3) is 4.37. The van der Waals surface area contributed by atoms with E-state index >= 15 is 0 Å². The van der Waals surface area contributed by atoms with Gasteiger partial charge in [0.05, 0.1) is 10.6 Å². The average Bonchev–Trinajstić information content (AvgIpc) is 3.75. The van der Waals surface area contributed by atoms with Gasteiger partial charge in [-0.05, 0) is 52.2 Å². The molecule has 49 heavy (non-hydrogen) atoms. The zero-order chi connectivity index (χ0) is 32.5. The van der Waals surface area contributed by atoms with Gasteiger partial charge in [0, 0.05) is 32.7 Å². The van der Waals surface area contributed by atoms with Crippen molar-refractivity contribution in [2.75, 3.05) is 0 Å². The largest absolute Gasteiger partial charge is 0.455 e. The van der Waals surface area contributed by atoms with Crippen molar-refractivity contribution in [1.82, 2.24) is 15.0 Å². The van der Waals surface area contributed by atoms with Crippen LogP contribution in [0, 0.1) is 0 Å². The molecular formula is C43H24ClN3O2. The lowest BCUT2D eigenvalue weighted by atomic mass is 9.92. The van der Waals surface area contributed by atoms with Gasteiger partial charge in [0.15, 0.2) is 23.1 Å². The minimum Gasteiger partial charge on any atom is -0.455 e. The molecule has 0 aliphatic heterocycles. The second-order valence-corrected chi connectivity index (χ2v) is 12.5. The van der Waals surface area contributed by atoms with Crippen molar-refractivity contribution in [3.8, 4) is 45.3 Å². The highest BCUT2D eigenvalue weighted by atomic mass is 35.5. The minimum atomic E-state index is 0.547. The number of para-hydroxylation sites is 3. The predicted molar refractivity (Wildman–Crippen MR) is 199 cm³/mol. The fraction of sp³-hybridized carbons (Fsp3) is 0. The summed E-state index contributed by atoms with van der Waals surface area (Å²) in [4.78, 5) is 15.3. The maximum atomic E-state index is 6.68. The van der Waals surface area contributed by atoms with Gasteiger partial charge in [0.2, 0.25) is 0 Å². The molecule has 0 saturated heterocycles. The van der Waals surface area contributed by atoms with Crippen LogP contribution < -0.4 is 0 Å². The Balaban J connectivity index is 1.22. The lowest BCUT2D eigenvalue weighted by Gasteiger charge is -2.14. The van der Waals surface area contributed by atoms with E-state index in [1.54, 1.807) is 0 Å². The Kier molecular flexibility index (Phi) is 6.16. The van der Waals surface area contributed by atoms with Crippen molar-refractivity contribution in [3.05, 3.63) is 151 Å². The first-order valence-corrected chi connectivity index (χ1v) is 16.4. The first kappa shape index (κ1) is 27.8. The number of hydrogen-bond donors (Lipinski definition) is 0. The van der Waals surface area contributed by atoms with Gasteiger partial charge >= 0.3 is 0 Å². The van der Waals surface area contributed by atoms with Gasteiger partial charge in [0.25, 0.3) is 0 Å². The second-order valence-electron chi connectivity index (χ2n) is 12.1. The van der Waals surface area contributed by atoms with E-state index in [0.717, 1.165) is 76.9 Å². The summed E-state index contributed by atoms with van der Waals surface area (Å²) in [6.07, 6.45) is 0. The number of furan rings is 2. The number of fused-ring (bicyclic) bond motifs is 7. The highest BCUT2D eigenvalue weighted by Crippen LogP contribution is 2.44. The highest BCUT2D eigenvalue weighted by molar-refractivity contribution is 6.37. The molecule has 0 saturated carbocycles. The first-order chi connectivity index (χ1) is 24.2. The molecule has 0 fully saturated rings. The summed E-state index contributed by atoms with van der Waals surface area (Å²) in [7, 11) is 0. The predicted octanol–water partition coefficient (Wildman–Crippen LogP) is 12.1. The minimum absolute atomic E-state index is 0.547. The van der Waals surface area contributed by atoms with E-state index in [1.165, 1.54) is 0 Å². The number of benzene rings is 7. The van der Waals surface area contributed by atoms with Crippen LogP contribution in [0.1, 0.15) is 0 Å². The molecule has 3 aromatic heterocycles. The molecule has 6 heteroatoms. The van der Waals surface area contributed by atoms with E-state index in [1.807, 2.05) is 84.9 Å². The van der Waals surface area contributed by atoms with Gasteiger partial charge in [-0.15, -0.1) is 0 Å². The molecule has 0 aliphatic rings. The van der Waals surface area contributed by atoms with Crippen molar-refractivity contribution in [2.45, 2.75) is 0 Å². The number of aromatic nitrogens is 3. The molecule has 0 aliphatic carbocycles. The van der Waals surface area contributed by atoms with Gasteiger partial charge in [-0.2, -0.15) is 0 Å². The fourth-order valence-corrected chi connectivity index (χ4v) is 7.20. The Morgan fingerprint density at radius 1 is 0.367 bits per heavy atom. The maximum Gasteiger partial charge on any atom is 0.167 e. The quantitative estimate of drug-likeness (QED) is 0.190. The Labute approximate surface area is 285 Å². The summed E-state index contributed by atoms with van der Waals surface area (Å²) in [6.45, 7) is 0. The zero-order valence-corrected chi connectivity index (χ0v) is 26.6. The van der Waals surface area contributed by atoms with Crippen molar-refractivity contribution >= 4 is 66.3 Å². The maximum absolute atomic E-state index is 6.68. The average molecular weight is 650 g/mol. The van der Waals surface area contributed by atoms with Gasteiger partial charge in [-0.1, -0.05) is 127 Å². The number of hydrogen-bond acceptors (Lipinski definition) is 5. The van der Waals surface area contributed by atoms with Crippen molar-refractivity contribution in [2.24, 2.45) is 0 Å². The molecule has 0 amide bonds. The van der Waals surface area contributed by atoms with Crippen LogP contribution >= 0.6 is 11.6 Å². The molecule has 7 aromatic carbocycles. The normalized spacial score (nSPS) is 11.8. The Bertz CT molecular complexity index is 2910. The molecule has 0 N–H and O–H groups in total. The van der Waals surface area contributed by atoms with E-state index in [-0.39, 0.29) is 0 Å². The molecule has 5 nitrogen and oxygen atoms in total. The molecule has 10 aromatic rings. The molecule has 3 heterocycles. The van der Waals surface area contributed by atoms with Crippen LogP contribution in [0.2, 0.25) is 5.02 Å². The Morgan fingerprint density at radius 2 is 0.918 bits per heavy atom. The zero-order valence-electron chi connectivity index (χ0n) is 25.9. The summed E-state index contributed by atoms with van der Waals surface area (Å²) in [5.41, 5.74) is 7.79. The van der Waals surface area contributed by atoms with Crippen LogP contribution in [0.3, 0.4) is 0 Å². The lowest BCUT2D eigenvalue weighted by molar-refractivity contribution is 0.669. The summed E-state index contributed by atoms with van der Waals surface area (Å²) in [6, 6.07) is 48.9. The van der Waals surface area contributed by atoms with Gasteiger partial charge in [0.1, 0.15) is 16.7 Å². The molecule has 0 radical (unpaired) electrons. The van der Waals surface area contributed by atoms with Crippen molar-refractivity contribution < 1.29 is 8.83 Å². The van der Waals surface area contributed by atoms with E-state index in [2.05, 4.69) is 60.7 Å². The third-order valence-corrected chi connectivity index (χ3v) is 9.54. The second kappa shape index (κ2) is 10.9. The van der Waals surface area contributed by atoms with Crippen molar-refractivity contribution in [3.63, 3.8) is 0 Å². The number of halogens is 1. The standard InChI is InChI=1S/C43H24ClN3O2/c44-35-24-23-30(38-33-16-7-9-20-37(33)49-40(35)38)28-21-22-32(27-14-5-4-13-26(27)28)42-45-41(25-11-2-1-3-12-25)46-43(47-42)34-18-10-17-31-29-15-6-8-19-36(29)48-39(31)34/h1-24H. The van der Waals surface area contributed by atoms with Crippen LogP contribution in [-0.4, -0.2) is 15.0 Å². The fourth-order valence-electron chi connectivity index (χ4n) is 7.01. The topological polar surface area (TPSA) is 65.0 Å². The van der Waals surface area contributed by atoms with Gasteiger partial charge in [-0.3, -0.25) is 0 Å². The molecule has 0 bridgehead atoms. The molecule has 0 unspecified atom stereocenters. The summed E-state index contributed by atoms with van der Waals surface area (Å²) >= 11 is 6.68. The van der Waals surface area contributed by atoms with Crippen LogP contribution in [0.4, 0.5) is 0 Å². The summed E-state index contributed by atoms with van der Waals surface area (Å²) in [5, 5.41) is 6.77. The first-order valence-electron chi connectivity index (χ1n) is 16.1. The van der Waals surface area contributed by atoms with E-state index in [9.17, 15) is 0 Å². The Hall–Kier alpha value is -6.30. The van der Waals surface area contributed by atoms with Gasteiger partial charge < -0.3 is 8.83 Å². The molecule has 230 valence electrons. The number of nitrogens with zero attached hydrogens (tertiary/aromatic N) is 3. The van der Waals surface area contributed by atoms with Crippen LogP contribution in [0.5, 0.6) is 0 Å². The Morgan fingerprint density at radius 3 is 1.71 bits per heavy atom. The van der Waals surface area contributed by atoms with Crippen LogP contribution in [0.25, 0.3) is 99.9 Å². The van der Waals surface area contributed by atoms with E-state index in [0.29, 0.717) is 28.1 Å². The highest BCUT2D eigenvalue weighted by Gasteiger charge is 2.21. The van der Waals surface area contributed by atoms with Crippen molar-refractivity contribution in [1.29, 1.82) is 0 Å². The molecule has 10 rings (SSSR count). The third-order valence-electron chi connectivity index (χ3n) is 9.25. The molecule has 0 atom stereocenters. The summed E-state index contributed by atoms with van der Waals surface area (Å²) in [5.74, 6) is 1.71. The van der Waals surface area contributed by atoms with Crippen LogP contribution in [0.15, 0.2) is 154 Å². The number of rotatable bonds is 4.